The zero-order valence-electron chi connectivity index (χ0n) is 10.7. The van der Waals surface area contributed by atoms with E-state index in [1.54, 1.807) is 4.68 Å². The van der Waals surface area contributed by atoms with Gasteiger partial charge in [0.2, 0.25) is 0 Å². The van der Waals surface area contributed by atoms with E-state index in [1.165, 1.54) is 5.56 Å². The van der Waals surface area contributed by atoms with Gasteiger partial charge in [0, 0.05) is 5.56 Å². The second-order valence-corrected chi connectivity index (χ2v) is 4.30. The number of tetrazole rings is 1. The molecule has 0 fully saturated rings. The van der Waals surface area contributed by atoms with Crippen molar-refractivity contribution >= 4 is 0 Å². The van der Waals surface area contributed by atoms with Crippen LogP contribution in [0.15, 0.2) is 54.6 Å². The lowest BCUT2D eigenvalue weighted by molar-refractivity contribution is 0.791. The highest BCUT2D eigenvalue weighted by atomic mass is 15.5. The summed E-state index contributed by atoms with van der Waals surface area (Å²) in [6, 6.07) is 18.2. The van der Waals surface area contributed by atoms with Gasteiger partial charge in [-0.3, -0.25) is 0 Å². The second kappa shape index (κ2) is 5.02. The van der Waals surface area contributed by atoms with Crippen molar-refractivity contribution in [3.63, 3.8) is 0 Å². The maximum absolute atomic E-state index is 4.11. The van der Waals surface area contributed by atoms with E-state index in [1.807, 2.05) is 42.5 Å². The summed E-state index contributed by atoms with van der Waals surface area (Å²) in [5.74, 6) is 0.754. The van der Waals surface area contributed by atoms with Gasteiger partial charge in [-0.05, 0) is 34.5 Å². The van der Waals surface area contributed by atoms with Crippen LogP contribution in [-0.4, -0.2) is 20.2 Å². The quantitative estimate of drug-likeness (QED) is 0.718. The molecule has 4 heteroatoms. The molecular weight excluding hydrogens is 236 g/mol. The molecule has 3 aromatic rings. The molecule has 0 aliphatic heterocycles. The lowest BCUT2D eigenvalue weighted by Crippen LogP contribution is -1.99. The maximum Gasteiger partial charge on any atom is 0.187 e. The number of aromatic nitrogens is 4. The van der Waals surface area contributed by atoms with E-state index in [0.29, 0.717) is 0 Å². The predicted molar refractivity (Wildman–Crippen MR) is 74.0 cm³/mol. The van der Waals surface area contributed by atoms with Crippen LogP contribution in [-0.2, 0) is 6.42 Å². The molecule has 0 spiro atoms. The van der Waals surface area contributed by atoms with Crippen LogP contribution in [0.1, 0.15) is 12.5 Å². The Kier molecular flexibility index (Phi) is 3.06. The second-order valence-electron chi connectivity index (χ2n) is 4.30. The third-order valence-electron chi connectivity index (χ3n) is 3.09. The molecule has 0 aliphatic rings. The number of benzene rings is 2. The van der Waals surface area contributed by atoms with E-state index in [0.717, 1.165) is 23.5 Å². The number of hydrogen-bond donors (Lipinski definition) is 0. The summed E-state index contributed by atoms with van der Waals surface area (Å²) in [6.45, 7) is 2.14. The molecule has 94 valence electrons. The van der Waals surface area contributed by atoms with Gasteiger partial charge in [0.25, 0.3) is 0 Å². The summed E-state index contributed by atoms with van der Waals surface area (Å²) in [7, 11) is 0. The summed E-state index contributed by atoms with van der Waals surface area (Å²) < 4.78 is 1.76. The van der Waals surface area contributed by atoms with Crippen LogP contribution in [0.25, 0.3) is 17.1 Å². The Hall–Kier alpha value is -2.49. The summed E-state index contributed by atoms with van der Waals surface area (Å²) in [4.78, 5) is 0. The molecule has 3 rings (SSSR count). The number of nitrogens with zero attached hydrogens (tertiary/aromatic N) is 4. The van der Waals surface area contributed by atoms with Crippen LogP contribution < -0.4 is 0 Å². The van der Waals surface area contributed by atoms with Crippen molar-refractivity contribution in [3.8, 4) is 17.1 Å². The van der Waals surface area contributed by atoms with Crippen molar-refractivity contribution in [1.82, 2.24) is 20.2 Å². The summed E-state index contributed by atoms with van der Waals surface area (Å²) in [5.41, 5.74) is 3.28. The molecule has 0 bridgehead atoms. The number of rotatable bonds is 3. The fourth-order valence-corrected chi connectivity index (χ4v) is 2.00. The minimum Gasteiger partial charge on any atom is -0.193 e. The third-order valence-corrected chi connectivity index (χ3v) is 3.09. The topological polar surface area (TPSA) is 43.6 Å². The molecule has 0 amide bonds. The third kappa shape index (κ3) is 2.25. The van der Waals surface area contributed by atoms with Gasteiger partial charge in [0.05, 0.1) is 5.69 Å². The smallest absolute Gasteiger partial charge is 0.187 e. The average molecular weight is 250 g/mol. The molecule has 0 radical (unpaired) electrons. The highest BCUT2D eigenvalue weighted by Gasteiger charge is 2.09. The minimum absolute atomic E-state index is 0.754. The first-order valence-corrected chi connectivity index (χ1v) is 6.31. The van der Waals surface area contributed by atoms with Crippen molar-refractivity contribution < 1.29 is 0 Å². The molecule has 4 nitrogen and oxygen atoms in total. The van der Waals surface area contributed by atoms with Gasteiger partial charge in [-0.25, -0.2) is 0 Å². The van der Waals surface area contributed by atoms with Gasteiger partial charge in [-0.1, -0.05) is 49.4 Å². The molecule has 0 N–H and O–H groups in total. The molecule has 0 aliphatic carbocycles. The summed E-state index contributed by atoms with van der Waals surface area (Å²) in [6.07, 6.45) is 1.03. The number of hydrogen-bond acceptors (Lipinski definition) is 3. The Labute approximate surface area is 111 Å². The fourth-order valence-electron chi connectivity index (χ4n) is 2.00. The van der Waals surface area contributed by atoms with E-state index >= 15 is 0 Å². The van der Waals surface area contributed by atoms with Crippen LogP contribution >= 0.6 is 0 Å². The average Bonchev–Trinajstić information content (AvgIpc) is 2.98. The van der Waals surface area contributed by atoms with Crippen LogP contribution in [0.5, 0.6) is 0 Å². The van der Waals surface area contributed by atoms with E-state index in [2.05, 4.69) is 34.6 Å². The summed E-state index contributed by atoms with van der Waals surface area (Å²) >= 11 is 0. The monoisotopic (exact) mass is 250 g/mol. The molecule has 0 atom stereocenters. The van der Waals surface area contributed by atoms with Gasteiger partial charge in [0.15, 0.2) is 5.82 Å². The predicted octanol–water partition coefficient (Wildman–Crippen LogP) is 2.89. The van der Waals surface area contributed by atoms with E-state index in [9.17, 15) is 0 Å². The Balaban J connectivity index is 2.04. The SMILES string of the molecule is CCc1ccc(-n2nnnc2-c2ccccc2)cc1. The first-order chi connectivity index (χ1) is 9.38. The molecule has 2 aromatic carbocycles. The highest BCUT2D eigenvalue weighted by Crippen LogP contribution is 2.19. The number of aryl methyl sites for hydroxylation is 1. The lowest BCUT2D eigenvalue weighted by Gasteiger charge is -2.05. The summed E-state index contributed by atoms with van der Waals surface area (Å²) in [5, 5.41) is 12.0. The molecule has 1 heterocycles. The van der Waals surface area contributed by atoms with Crippen molar-refractivity contribution in [1.29, 1.82) is 0 Å². The largest absolute Gasteiger partial charge is 0.193 e. The lowest BCUT2D eigenvalue weighted by atomic mass is 10.1. The molecular formula is C15H14N4. The van der Waals surface area contributed by atoms with Crippen molar-refractivity contribution in [2.24, 2.45) is 0 Å². The van der Waals surface area contributed by atoms with Crippen LogP contribution in [0.2, 0.25) is 0 Å². The normalized spacial score (nSPS) is 10.6. The Morgan fingerprint density at radius 3 is 2.37 bits per heavy atom. The van der Waals surface area contributed by atoms with E-state index in [-0.39, 0.29) is 0 Å². The Morgan fingerprint density at radius 2 is 1.68 bits per heavy atom. The fraction of sp³-hybridized carbons (Fsp3) is 0.133. The van der Waals surface area contributed by atoms with Crippen molar-refractivity contribution in [2.75, 3.05) is 0 Å². The molecule has 0 saturated carbocycles. The van der Waals surface area contributed by atoms with Gasteiger partial charge in [-0.2, -0.15) is 4.68 Å². The van der Waals surface area contributed by atoms with Gasteiger partial charge < -0.3 is 0 Å². The zero-order chi connectivity index (χ0) is 13.1. The van der Waals surface area contributed by atoms with Gasteiger partial charge in [-0.15, -0.1) is 5.10 Å². The highest BCUT2D eigenvalue weighted by molar-refractivity contribution is 5.56. The zero-order valence-corrected chi connectivity index (χ0v) is 10.7. The maximum atomic E-state index is 4.11. The van der Waals surface area contributed by atoms with Crippen molar-refractivity contribution in [2.45, 2.75) is 13.3 Å². The minimum atomic E-state index is 0.754. The Bertz CT molecular complexity index is 656. The molecule has 1 aromatic heterocycles. The van der Waals surface area contributed by atoms with Crippen molar-refractivity contribution in [3.05, 3.63) is 60.2 Å². The van der Waals surface area contributed by atoms with Crippen LogP contribution in [0, 0.1) is 0 Å². The van der Waals surface area contributed by atoms with Crippen LogP contribution in [0.3, 0.4) is 0 Å². The van der Waals surface area contributed by atoms with Crippen LogP contribution in [0.4, 0.5) is 0 Å². The first kappa shape index (κ1) is 11.6. The molecule has 19 heavy (non-hydrogen) atoms. The van der Waals surface area contributed by atoms with E-state index in [4.69, 9.17) is 0 Å². The standard InChI is InChI=1S/C15H14N4/c1-2-12-8-10-14(11-9-12)19-15(16-17-18-19)13-6-4-3-5-7-13/h3-11H,2H2,1H3. The Morgan fingerprint density at radius 1 is 0.947 bits per heavy atom. The first-order valence-electron chi connectivity index (χ1n) is 6.31. The van der Waals surface area contributed by atoms with E-state index < -0.39 is 0 Å². The molecule has 0 unspecified atom stereocenters. The van der Waals surface area contributed by atoms with Gasteiger partial charge >= 0.3 is 0 Å². The van der Waals surface area contributed by atoms with Gasteiger partial charge in [0.1, 0.15) is 0 Å². The molecule has 0 saturated heterocycles.